The van der Waals surface area contributed by atoms with Gasteiger partial charge in [-0.3, -0.25) is 4.90 Å². The molecule has 0 aromatic carbocycles. The summed E-state index contributed by atoms with van der Waals surface area (Å²) in [6, 6.07) is 0. The fourth-order valence-corrected chi connectivity index (χ4v) is 2.00. The van der Waals surface area contributed by atoms with Gasteiger partial charge in [-0.2, -0.15) is 0 Å². The van der Waals surface area contributed by atoms with Crippen molar-refractivity contribution in [3.05, 3.63) is 36.5 Å². The average molecular weight is 221 g/mol. The fourth-order valence-electron chi connectivity index (χ4n) is 2.00. The van der Waals surface area contributed by atoms with Crippen LogP contribution in [0.25, 0.3) is 0 Å². The van der Waals surface area contributed by atoms with Crippen LogP contribution >= 0.6 is 0 Å². The number of hydrogen-bond acceptors (Lipinski definition) is 1. The van der Waals surface area contributed by atoms with E-state index in [1.165, 1.54) is 11.1 Å². The normalized spacial score (nSPS) is 16.0. The summed E-state index contributed by atoms with van der Waals surface area (Å²) in [5, 5.41) is 0. The van der Waals surface area contributed by atoms with E-state index in [9.17, 15) is 0 Å². The topological polar surface area (TPSA) is 3.24 Å². The van der Waals surface area contributed by atoms with Crippen LogP contribution in [0.2, 0.25) is 0 Å². The van der Waals surface area contributed by atoms with Crippen LogP contribution in [-0.2, 0) is 0 Å². The summed E-state index contributed by atoms with van der Waals surface area (Å²) >= 11 is 0. The first-order chi connectivity index (χ1) is 7.47. The predicted molar refractivity (Wildman–Crippen MR) is 74.7 cm³/mol. The molecule has 0 radical (unpaired) electrons. The van der Waals surface area contributed by atoms with E-state index in [2.05, 4.69) is 58.9 Å². The van der Waals surface area contributed by atoms with Crippen molar-refractivity contribution in [2.45, 2.75) is 46.1 Å². The van der Waals surface area contributed by atoms with Crippen molar-refractivity contribution in [3.8, 4) is 0 Å². The van der Waals surface area contributed by atoms with E-state index in [0.29, 0.717) is 0 Å². The molecule has 1 heteroatoms. The zero-order valence-corrected chi connectivity index (χ0v) is 11.6. The summed E-state index contributed by atoms with van der Waals surface area (Å²) in [4.78, 5) is 2.38. The summed E-state index contributed by atoms with van der Waals surface area (Å²) in [5.74, 6) is 0. The van der Waals surface area contributed by atoms with E-state index >= 15 is 0 Å². The Kier molecular flexibility index (Phi) is 6.35. The zero-order chi connectivity index (χ0) is 12.8. The van der Waals surface area contributed by atoms with Crippen molar-refractivity contribution >= 4 is 0 Å². The summed E-state index contributed by atoms with van der Waals surface area (Å²) in [5.41, 5.74) is 2.59. The maximum Gasteiger partial charge on any atom is 0.0429 e. The molecule has 0 amide bonds. The molecule has 1 atom stereocenters. The Morgan fingerprint density at radius 1 is 1.31 bits per heavy atom. The lowest BCUT2D eigenvalue weighted by Crippen LogP contribution is -2.45. The Labute approximate surface area is 102 Å². The van der Waals surface area contributed by atoms with Crippen LogP contribution in [0.1, 0.15) is 40.5 Å². The third kappa shape index (κ3) is 3.08. The molecule has 0 rings (SSSR count). The lowest BCUT2D eigenvalue weighted by Gasteiger charge is -2.40. The van der Waals surface area contributed by atoms with Crippen LogP contribution in [0.4, 0.5) is 0 Å². The van der Waals surface area contributed by atoms with Crippen molar-refractivity contribution in [2.75, 3.05) is 13.6 Å². The van der Waals surface area contributed by atoms with Gasteiger partial charge in [0.25, 0.3) is 0 Å². The SMILES string of the molecule is C=C/C=C(\C(=C)CC)C(C)(CC)N(C)CC. The number of allylic oxidation sites excluding steroid dienone is 2. The van der Waals surface area contributed by atoms with Crippen molar-refractivity contribution < 1.29 is 0 Å². The maximum atomic E-state index is 4.18. The summed E-state index contributed by atoms with van der Waals surface area (Å²) in [7, 11) is 2.17. The van der Waals surface area contributed by atoms with Crippen molar-refractivity contribution in [1.82, 2.24) is 4.90 Å². The van der Waals surface area contributed by atoms with Gasteiger partial charge in [0.05, 0.1) is 0 Å². The van der Waals surface area contributed by atoms with Crippen LogP contribution in [0.5, 0.6) is 0 Å². The second-order valence-corrected chi connectivity index (χ2v) is 4.41. The van der Waals surface area contributed by atoms with Gasteiger partial charge in [-0.15, -0.1) is 0 Å². The second kappa shape index (κ2) is 6.70. The van der Waals surface area contributed by atoms with E-state index in [1.54, 1.807) is 0 Å². The molecule has 0 heterocycles. The van der Waals surface area contributed by atoms with Gasteiger partial charge in [0.1, 0.15) is 0 Å². The van der Waals surface area contributed by atoms with Crippen LogP contribution in [-0.4, -0.2) is 24.0 Å². The molecule has 16 heavy (non-hydrogen) atoms. The minimum absolute atomic E-state index is 0.0655. The zero-order valence-electron chi connectivity index (χ0n) is 11.6. The average Bonchev–Trinajstić information content (AvgIpc) is 2.32. The molecule has 0 spiro atoms. The molecule has 0 aromatic rings. The van der Waals surface area contributed by atoms with Crippen LogP contribution in [0.15, 0.2) is 36.5 Å². The Morgan fingerprint density at radius 2 is 1.88 bits per heavy atom. The Bertz CT molecular complexity index is 275. The van der Waals surface area contributed by atoms with Crippen molar-refractivity contribution in [3.63, 3.8) is 0 Å². The largest absolute Gasteiger partial charge is 0.297 e. The maximum absolute atomic E-state index is 4.18. The molecule has 0 bridgehead atoms. The third-order valence-corrected chi connectivity index (χ3v) is 3.68. The Morgan fingerprint density at radius 3 is 2.19 bits per heavy atom. The standard InChI is InChI=1S/C15H27N/c1-8-12-14(13(5)9-2)15(6,10-3)16(7)11-4/h8,12H,1,5,9-11H2,2-4,6-7H3/b14-12+. The molecule has 0 aliphatic heterocycles. The molecular formula is C15H27N. The highest BCUT2D eigenvalue weighted by atomic mass is 15.2. The molecule has 0 aromatic heterocycles. The monoisotopic (exact) mass is 221 g/mol. The first-order valence-electron chi connectivity index (χ1n) is 6.20. The molecule has 1 nitrogen and oxygen atoms in total. The van der Waals surface area contributed by atoms with Crippen LogP contribution in [0.3, 0.4) is 0 Å². The molecule has 0 saturated carbocycles. The molecule has 0 N–H and O–H groups in total. The van der Waals surface area contributed by atoms with Crippen molar-refractivity contribution in [2.24, 2.45) is 0 Å². The third-order valence-electron chi connectivity index (χ3n) is 3.68. The highest BCUT2D eigenvalue weighted by Crippen LogP contribution is 2.32. The van der Waals surface area contributed by atoms with Gasteiger partial charge in [-0.25, -0.2) is 0 Å². The number of hydrogen-bond donors (Lipinski definition) is 0. The van der Waals surface area contributed by atoms with Gasteiger partial charge >= 0.3 is 0 Å². The second-order valence-electron chi connectivity index (χ2n) is 4.41. The molecular weight excluding hydrogens is 194 g/mol. The van der Waals surface area contributed by atoms with Crippen LogP contribution < -0.4 is 0 Å². The Balaban J connectivity index is 5.37. The van der Waals surface area contributed by atoms with Gasteiger partial charge in [0.15, 0.2) is 0 Å². The van der Waals surface area contributed by atoms with E-state index in [4.69, 9.17) is 0 Å². The molecule has 92 valence electrons. The smallest absolute Gasteiger partial charge is 0.0429 e. The van der Waals surface area contributed by atoms with E-state index in [0.717, 1.165) is 19.4 Å². The molecule has 0 aliphatic carbocycles. The van der Waals surface area contributed by atoms with Gasteiger partial charge in [0, 0.05) is 5.54 Å². The number of likely N-dealkylation sites (N-methyl/N-ethyl adjacent to an activating group) is 1. The minimum Gasteiger partial charge on any atom is -0.297 e. The quantitative estimate of drug-likeness (QED) is 0.583. The predicted octanol–water partition coefficient (Wildman–Crippen LogP) is 4.19. The van der Waals surface area contributed by atoms with Gasteiger partial charge in [-0.1, -0.05) is 51.7 Å². The van der Waals surface area contributed by atoms with E-state index in [1.807, 2.05) is 6.08 Å². The summed E-state index contributed by atoms with van der Waals surface area (Å²) < 4.78 is 0. The molecule has 0 fully saturated rings. The van der Waals surface area contributed by atoms with Crippen molar-refractivity contribution in [1.29, 1.82) is 0 Å². The van der Waals surface area contributed by atoms with Crippen LogP contribution in [0, 0.1) is 0 Å². The molecule has 0 aliphatic rings. The number of nitrogens with zero attached hydrogens (tertiary/aromatic N) is 1. The van der Waals surface area contributed by atoms with Gasteiger partial charge in [0.2, 0.25) is 0 Å². The lowest BCUT2D eigenvalue weighted by atomic mass is 9.82. The van der Waals surface area contributed by atoms with Gasteiger partial charge in [-0.05, 0) is 38.9 Å². The lowest BCUT2D eigenvalue weighted by molar-refractivity contribution is 0.178. The molecule has 0 saturated heterocycles. The van der Waals surface area contributed by atoms with E-state index in [-0.39, 0.29) is 5.54 Å². The molecule has 1 unspecified atom stereocenters. The minimum atomic E-state index is 0.0655. The summed E-state index contributed by atoms with van der Waals surface area (Å²) in [6.07, 6.45) is 6.05. The highest BCUT2D eigenvalue weighted by Gasteiger charge is 2.31. The Hall–Kier alpha value is -0.820. The fraction of sp³-hybridized carbons (Fsp3) is 0.600. The first-order valence-corrected chi connectivity index (χ1v) is 6.20. The van der Waals surface area contributed by atoms with Gasteiger partial charge < -0.3 is 0 Å². The first kappa shape index (κ1) is 15.2. The number of rotatable bonds is 7. The summed E-state index contributed by atoms with van der Waals surface area (Å²) in [6.45, 7) is 17.9. The van der Waals surface area contributed by atoms with E-state index < -0.39 is 0 Å². The highest BCUT2D eigenvalue weighted by molar-refractivity contribution is 5.39.